The molecular formula is C17H14F3N3O2S. The van der Waals surface area contributed by atoms with Crippen molar-refractivity contribution in [2.75, 3.05) is 12.0 Å². The molecule has 0 saturated heterocycles. The fraction of sp³-hybridized carbons (Fsp3) is 0.118. The molecule has 2 aromatic carbocycles. The minimum Gasteiger partial charge on any atom is -0.399 e. The number of benzene rings is 2. The van der Waals surface area contributed by atoms with Gasteiger partial charge in [0.05, 0.1) is 4.90 Å². The van der Waals surface area contributed by atoms with Gasteiger partial charge in [-0.2, -0.15) is 13.2 Å². The van der Waals surface area contributed by atoms with E-state index in [9.17, 15) is 21.6 Å². The van der Waals surface area contributed by atoms with E-state index < -0.39 is 21.7 Å². The van der Waals surface area contributed by atoms with E-state index in [-0.39, 0.29) is 10.7 Å². The van der Waals surface area contributed by atoms with Gasteiger partial charge in [0, 0.05) is 29.4 Å². The summed E-state index contributed by atoms with van der Waals surface area (Å²) in [5.74, 6) is 0.0437. The van der Waals surface area contributed by atoms with Gasteiger partial charge < -0.3 is 5.73 Å². The third-order valence-corrected chi connectivity index (χ3v) is 4.84. The lowest BCUT2D eigenvalue weighted by Crippen LogP contribution is -2.05. The van der Waals surface area contributed by atoms with Crippen LogP contribution in [0.25, 0.3) is 17.1 Å². The Morgan fingerprint density at radius 1 is 1.00 bits per heavy atom. The summed E-state index contributed by atoms with van der Waals surface area (Å²) in [7, 11) is -3.41. The van der Waals surface area contributed by atoms with E-state index in [0.29, 0.717) is 16.9 Å². The van der Waals surface area contributed by atoms with Crippen molar-refractivity contribution in [2.45, 2.75) is 11.1 Å². The number of alkyl halides is 3. The smallest absolute Gasteiger partial charge is 0.399 e. The van der Waals surface area contributed by atoms with Crippen LogP contribution in [0.2, 0.25) is 0 Å². The molecule has 0 amide bonds. The maximum atomic E-state index is 13.1. The summed E-state index contributed by atoms with van der Waals surface area (Å²) in [6.07, 6.45) is -2.66. The molecule has 0 spiro atoms. The molecule has 136 valence electrons. The second-order valence-corrected chi connectivity index (χ2v) is 7.72. The van der Waals surface area contributed by atoms with Gasteiger partial charge >= 0.3 is 6.18 Å². The van der Waals surface area contributed by atoms with Crippen LogP contribution in [0.3, 0.4) is 0 Å². The predicted octanol–water partition coefficient (Wildman–Crippen LogP) is 3.54. The molecule has 0 radical (unpaired) electrons. The fourth-order valence-corrected chi connectivity index (χ4v) is 3.03. The van der Waals surface area contributed by atoms with E-state index in [0.717, 1.165) is 12.5 Å². The average molecular weight is 381 g/mol. The summed E-state index contributed by atoms with van der Waals surface area (Å²) >= 11 is 0. The van der Waals surface area contributed by atoms with Crippen LogP contribution in [-0.2, 0) is 16.0 Å². The Hall–Kier alpha value is -2.81. The molecule has 0 saturated carbocycles. The van der Waals surface area contributed by atoms with Gasteiger partial charge in [-0.25, -0.2) is 13.4 Å². The number of imidazole rings is 1. The van der Waals surface area contributed by atoms with Crippen LogP contribution >= 0.6 is 0 Å². The van der Waals surface area contributed by atoms with Crippen molar-refractivity contribution in [1.82, 2.24) is 9.55 Å². The molecule has 26 heavy (non-hydrogen) atoms. The van der Waals surface area contributed by atoms with Crippen molar-refractivity contribution in [3.05, 3.63) is 60.4 Å². The van der Waals surface area contributed by atoms with E-state index in [2.05, 4.69) is 4.98 Å². The molecule has 0 bridgehead atoms. The Bertz CT molecular complexity index is 1040. The van der Waals surface area contributed by atoms with Crippen LogP contribution in [0.5, 0.6) is 0 Å². The lowest BCUT2D eigenvalue weighted by Gasteiger charge is -2.08. The maximum Gasteiger partial charge on any atom is 0.434 e. The molecule has 0 aliphatic rings. The second kappa shape index (κ2) is 6.17. The molecule has 1 aromatic heterocycles. The van der Waals surface area contributed by atoms with Crippen molar-refractivity contribution < 1.29 is 21.6 Å². The fourth-order valence-electron chi connectivity index (χ4n) is 2.40. The number of nitrogens with zero attached hydrogens (tertiary/aromatic N) is 2. The zero-order chi connectivity index (χ0) is 19.1. The summed E-state index contributed by atoms with van der Waals surface area (Å²) in [5, 5.41) is 0. The first-order valence-corrected chi connectivity index (χ1v) is 9.28. The van der Waals surface area contributed by atoms with Crippen LogP contribution in [0, 0.1) is 0 Å². The van der Waals surface area contributed by atoms with Crippen molar-refractivity contribution in [3.8, 4) is 17.1 Å². The molecule has 3 rings (SSSR count). The Kier molecular flexibility index (Phi) is 4.27. The average Bonchev–Trinajstić information content (AvgIpc) is 3.00. The topological polar surface area (TPSA) is 78.0 Å². The number of aromatic nitrogens is 2. The first-order chi connectivity index (χ1) is 12.1. The van der Waals surface area contributed by atoms with Gasteiger partial charge in [0.15, 0.2) is 15.5 Å². The van der Waals surface area contributed by atoms with E-state index in [1.807, 2.05) is 0 Å². The summed E-state index contributed by atoms with van der Waals surface area (Å²) in [6, 6.07) is 11.8. The standard InChI is InChI=1S/C17H14F3N3O2S/c1-26(24,25)14-8-2-11(3-9-14)16-22-15(17(18,19)20)10-23(16)13-6-4-12(21)5-7-13/h2-10H,21H2,1H3. The molecule has 2 N–H and O–H groups in total. The number of sulfone groups is 1. The van der Waals surface area contributed by atoms with E-state index >= 15 is 0 Å². The van der Waals surface area contributed by atoms with Gasteiger partial charge in [-0.15, -0.1) is 0 Å². The summed E-state index contributed by atoms with van der Waals surface area (Å²) in [6.45, 7) is 0. The minimum atomic E-state index is -4.61. The van der Waals surface area contributed by atoms with Crippen molar-refractivity contribution in [2.24, 2.45) is 0 Å². The van der Waals surface area contributed by atoms with Crippen LogP contribution in [0.15, 0.2) is 59.6 Å². The Morgan fingerprint density at radius 2 is 1.58 bits per heavy atom. The molecule has 0 aliphatic carbocycles. The summed E-state index contributed by atoms with van der Waals surface area (Å²) in [5.41, 5.74) is 5.86. The van der Waals surface area contributed by atoms with Gasteiger partial charge in [-0.3, -0.25) is 4.57 Å². The van der Waals surface area contributed by atoms with E-state index in [4.69, 9.17) is 5.73 Å². The maximum absolute atomic E-state index is 13.1. The molecule has 0 unspecified atom stereocenters. The number of nitrogen functional groups attached to an aromatic ring is 1. The van der Waals surface area contributed by atoms with Gasteiger partial charge in [0.1, 0.15) is 5.82 Å². The summed E-state index contributed by atoms with van der Waals surface area (Å²) < 4.78 is 63.8. The zero-order valence-corrected chi connectivity index (χ0v) is 14.3. The third kappa shape index (κ3) is 3.57. The van der Waals surface area contributed by atoms with Crippen LogP contribution < -0.4 is 5.73 Å². The van der Waals surface area contributed by atoms with Gasteiger partial charge in [-0.1, -0.05) is 0 Å². The van der Waals surface area contributed by atoms with E-state index in [1.165, 1.54) is 28.8 Å². The number of rotatable bonds is 3. The first kappa shape index (κ1) is 18.0. The largest absolute Gasteiger partial charge is 0.434 e. The molecule has 9 heteroatoms. The normalized spacial score (nSPS) is 12.3. The number of halogens is 3. The number of hydrogen-bond donors (Lipinski definition) is 1. The van der Waals surface area contributed by atoms with Gasteiger partial charge in [-0.05, 0) is 48.5 Å². The molecule has 5 nitrogen and oxygen atoms in total. The zero-order valence-electron chi connectivity index (χ0n) is 13.5. The number of hydrogen-bond acceptors (Lipinski definition) is 4. The molecular weight excluding hydrogens is 367 g/mol. The minimum absolute atomic E-state index is 0.0437. The highest BCUT2D eigenvalue weighted by atomic mass is 32.2. The Labute approximate surface area is 147 Å². The summed E-state index contributed by atoms with van der Waals surface area (Å²) in [4.78, 5) is 3.77. The van der Waals surface area contributed by atoms with Crippen LogP contribution in [-0.4, -0.2) is 24.2 Å². The molecule has 1 heterocycles. The lowest BCUT2D eigenvalue weighted by atomic mass is 10.2. The first-order valence-electron chi connectivity index (χ1n) is 7.39. The molecule has 0 aliphatic heterocycles. The number of nitrogens with two attached hydrogens (primary N) is 1. The predicted molar refractivity (Wildman–Crippen MR) is 91.5 cm³/mol. The second-order valence-electron chi connectivity index (χ2n) is 5.71. The van der Waals surface area contributed by atoms with Crippen molar-refractivity contribution in [3.63, 3.8) is 0 Å². The third-order valence-electron chi connectivity index (χ3n) is 3.71. The van der Waals surface area contributed by atoms with Crippen LogP contribution in [0.1, 0.15) is 5.69 Å². The Morgan fingerprint density at radius 3 is 2.08 bits per heavy atom. The van der Waals surface area contributed by atoms with Crippen molar-refractivity contribution >= 4 is 15.5 Å². The molecule has 0 atom stereocenters. The van der Waals surface area contributed by atoms with Crippen LogP contribution in [0.4, 0.5) is 18.9 Å². The monoisotopic (exact) mass is 381 g/mol. The van der Waals surface area contributed by atoms with E-state index in [1.54, 1.807) is 24.3 Å². The molecule has 3 aromatic rings. The van der Waals surface area contributed by atoms with Gasteiger partial charge in [0.25, 0.3) is 0 Å². The van der Waals surface area contributed by atoms with Gasteiger partial charge in [0.2, 0.25) is 0 Å². The lowest BCUT2D eigenvalue weighted by molar-refractivity contribution is -0.140. The highest BCUT2D eigenvalue weighted by molar-refractivity contribution is 7.90. The Balaban J connectivity index is 2.16. The SMILES string of the molecule is CS(=O)(=O)c1ccc(-c2nc(C(F)(F)F)cn2-c2ccc(N)cc2)cc1. The highest BCUT2D eigenvalue weighted by Gasteiger charge is 2.35. The molecule has 0 fully saturated rings. The highest BCUT2D eigenvalue weighted by Crippen LogP contribution is 2.33. The quantitative estimate of drug-likeness (QED) is 0.704. The number of anilines is 1. The van der Waals surface area contributed by atoms with Crippen molar-refractivity contribution in [1.29, 1.82) is 0 Å².